The number of nitrogens with zero attached hydrogens (tertiary/aromatic N) is 2. The maximum absolute atomic E-state index is 11.2. The van der Waals surface area contributed by atoms with Crippen molar-refractivity contribution in [2.45, 2.75) is 33.2 Å². The number of carbonyl (C=O) groups excluding carboxylic acids is 1. The quantitative estimate of drug-likeness (QED) is 0.892. The number of carbonyl (C=O) groups is 1. The molecule has 1 aromatic heterocycles. The molecule has 0 amide bonds. The lowest BCUT2D eigenvalue weighted by molar-refractivity contribution is -0.307. The van der Waals surface area contributed by atoms with Crippen LogP contribution in [0.15, 0.2) is 24.5 Å². The zero-order valence-corrected chi connectivity index (χ0v) is 11.9. The van der Waals surface area contributed by atoms with Crippen LogP contribution < -0.4 is 10.4 Å². The summed E-state index contributed by atoms with van der Waals surface area (Å²) in [5.41, 5.74) is 1.86. The third-order valence-electron chi connectivity index (χ3n) is 3.09. The van der Waals surface area contributed by atoms with Crippen LogP contribution in [0.4, 0.5) is 5.82 Å². The molecule has 2 rings (SSSR count). The first-order valence-electron chi connectivity index (χ1n) is 6.66. The standard InChI is InChI=1S/C15H19N3O2/c1-9(2)6-13(15(19)20)18-14-11-7-10(3)4-5-12(11)16-8-17-14/h4-5,7-9,13H,6H2,1-3H3,(H,19,20)(H,16,17,18)/p-1/t13-/m0/s1. The summed E-state index contributed by atoms with van der Waals surface area (Å²) in [6, 6.07) is 5.05. The first-order chi connectivity index (χ1) is 9.47. The number of benzene rings is 1. The summed E-state index contributed by atoms with van der Waals surface area (Å²) in [6.07, 6.45) is 1.92. The SMILES string of the molecule is Cc1ccc2ncnc(N[C@@H](CC(C)C)C(=O)[O-])c2c1. The molecule has 1 N–H and O–H groups in total. The topological polar surface area (TPSA) is 77.9 Å². The van der Waals surface area contributed by atoms with Crippen LogP contribution in [0.1, 0.15) is 25.8 Å². The van der Waals surface area contributed by atoms with Gasteiger partial charge in [0, 0.05) is 5.39 Å². The van der Waals surface area contributed by atoms with Gasteiger partial charge in [0.05, 0.1) is 17.5 Å². The van der Waals surface area contributed by atoms with E-state index in [1.54, 1.807) is 0 Å². The molecule has 2 aromatic rings. The molecule has 0 fully saturated rings. The van der Waals surface area contributed by atoms with E-state index in [0.717, 1.165) is 16.5 Å². The van der Waals surface area contributed by atoms with E-state index in [0.29, 0.717) is 12.2 Å². The molecule has 1 aromatic carbocycles. The van der Waals surface area contributed by atoms with Gasteiger partial charge >= 0.3 is 0 Å². The van der Waals surface area contributed by atoms with Crippen molar-refractivity contribution >= 4 is 22.7 Å². The normalized spacial score (nSPS) is 12.6. The van der Waals surface area contributed by atoms with E-state index in [2.05, 4.69) is 15.3 Å². The molecule has 0 spiro atoms. The predicted octanol–water partition coefficient (Wildman–Crippen LogP) is 1.51. The summed E-state index contributed by atoms with van der Waals surface area (Å²) in [5, 5.41) is 15.0. The Bertz CT molecular complexity index is 626. The number of carboxylic acid groups (broad SMARTS) is 1. The fourth-order valence-corrected chi connectivity index (χ4v) is 2.14. The van der Waals surface area contributed by atoms with Gasteiger partial charge in [0.15, 0.2) is 0 Å². The molecular formula is C15H18N3O2-. The van der Waals surface area contributed by atoms with Gasteiger partial charge in [0.25, 0.3) is 0 Å². The molecule has 0 radical (unpaired) electrons. The molecule has 5 nitrogen and oxygen atoms in total. The van der Waals surface area contributed by atoms with Crippen molar-refractivity contribution in [3.63, 3.8) is 0 Å². The first kappa shape index (κ1) is 14.2. The number of hydrogen-bond acceptors (Lipinski definition) is 5. The Labute approximate surface area is 118 Å². The largest absolute Gasteiger partial charge is 0.548 e. The minimum Gasteiger partial charge on any atom is -0.548 e. The van der Waals surface area contributed by atoms with Crippen LogP contribution in [0.3, 0.4) is 0 Å². The van der Waals surface area contributed by atoms with E-state index in [4.69, 9.17) is 0 Å². The molecule has 5 heteroatoms. The molecule has 1 atom stereocenters. The van der Waals surface area contributed by atoms with Crippen LogP contribution in [0.5, 0.6) is 0 Å². The van der Waals surface area contributed by atoms with Crippen molar-refractivity contribution < 1.29 is 9.90 Å². The summed E-state index contributed by atoms with van der Waals surface area (Å²) >= 11 is 0. The van der Waals surface area contributed by atoms with Gasteiger partial charge in [0.2, 0.25) is 0 Å². The number of rotatable bonds is 5. The number of aromatic nitrogens is 2. The minimum absolute atomic E-state index is 0.250. The first-order valence-corrected chi connectivity index (χ1v) is 6.66. The van der Waals surface area contributed by atoms with Crippen LogP contribution in [-0.2, 0) is 4.79 Å². The van der Waals surface area contributed by atoms with Crippen molar-refractivity contribution in [3.8, 4) is 0 Å². The molecule has 0 saturated carbocycles. The summed E-state index contributed by atoms with van der Waals surface area (Å²) in [7, 11) is 0. The number of hydrogen-bond donors (Lipinski definition) is 1. The highest BCUT2D eigenvalue weighted by Crippen LogP contribution is 2.22. The molecule has 0 bridgehead atoms. The average molecular weight is 272 g/mol. The molecule has 0 saturated heterocycles. The molecule has 0 aliphatic rings. The molecule has 1 heterocycles. The molecule has 0 aliphatic carbocycles. The Kier molecular flexibility index (Phi) is 4.17. The van der Waals surface area contributed by atoms with Gasteiger partial charge in [-0.15, -0.1) is 0 Å². The van der Waals surface area contributed by atoms with Crippen LogP contribution in [0.2, 0.25) is 0 Å². The summed E-state index contributed by atoms with van der Waals surface area (Å²) in [4.78, 5) is 19.6. The van der Waals surface area contributed by atoms with Crippen molar-refractivity contribution in [1.82, 2.24) is 9.97 Å². The Morgan fingerprint density at radius 3 is 2.75 bits per heavy atom. The second-order valence-electron chi connectivity index (χ2n) is 5.39. The fraction of sp³-hybridized carbons (Fsp3) is 0.400. The van der Waals surface area contributed by atoms with Crippen LogP contribution in [0.25, 0.3) is 10.9 Å². The van der Waals surface area contributed by atoms with E-state index in [1.807, 2.05) is 39.0 Å². The zero-order valence-electron chi connectivity index (χ0n) is 11.9. The highest BCUT2D eigenvalue weighted by molar-refractivity contribution is 5.90. The maximum atomic E-state index is 11.2. The second kappa shape index (κ2) is 5.86. The van der Waals surface area contributed by atoms with Gasteiger partial charge in [-0.05, 0) is 31.4 Å². The van der Waals surface area contributed by atoms with Crippen molar-refractivity contribution in [2.75, 3.05) is 5.32 Å². The maximum Gasteiger partial charge on any atom is 0.137 e. The third-order valence-corrected chi connectivity index (χ3v) is 3.09. The van der Waals surface area contributed by atoms with Gasteiger partial charge in [-0.25, -0.2) is 9.97 Å². The van der Waals surface area contributed by atoms with Crippen LogP contribution in [0, 0.1) is 12.8 Å². The number of fused-ring (bicyclic) bond motifs is 1. The Morgan fingerprint density at radius 1 is 1.35 bits per heavy atom. The van der Waals surface area contributed by atoms with E-state index in [1.165, 1.54) is 6.33 Å². The van der Waals surface area contributed by atoms with Gasteiger partial charge in [0.1, 0.15) is 12.1 Å². The Morgan fingerprint density at radius 2 is 2.10 bits per heavy atom. The van der Waals surface area contributed by atoms with Crippen LogP contribution >= 0.6 is 0 Å². The Hall–Kier alpha value is -2.17. The molecule has 0 unspecified atom stereocenters. The smallest absolute Gasteiger partial charge is 0.137 e. The van der Waals surface area contributed by atoms with E-state index >= 15 is 0 Å². The summed E-state index contributed by atoms with van der Waals surface area (Å²) < 4.78 is 0. The number of carboxylic acids is 1. The molecule has 20 heavy (non-hydrogen) atoms. The lowest BCUT2D eigenvalue weighted by atomic mass is 10.0. The number of aliphatic carboxylic acids is 1. The molecular weight excluding hydrogens is 254 g/mol. The minimum atomic E-state index is -1.11. The monoisotopic (exact) mass is 272 g/mol. The van der Waals surface area contributed by atoms with Crippen molar-refractivity contribution in [2.24, 2.45) is 5.92 Å². The number of aryl methyl sites for hydroxylation is 1. The highest BCUT2D eigenvalue weighted by Gasteiger charge is 2.14. The lowest BCUT2D eigenvalue weighted by Crippen LogP contribution is -2.41. The second-order valence-corrected chi connectivity index (χ2v) is 5.39. The van der Waals surface area contributed by atoms with E-state index in [-0.39, 0.29) is 5.92 Å². The molecule has 106 valence electrons. The summed E-state index contributed by atoms with van der Waals surface area (Å²) in [5.74, 6) is -0.327. The predicted molar refractivity (Wildman–Crippen MR) is 76.1 cm³/mol. The van der Waals surface area contributed by atoms with Crippen LogP contribution in [-0.4, -0.2) is 22.0 Å². The number of anilines is 1. The highest BCUT2D eigenvalue weighted by atomic mass is 16.4. The van der Waals surface area contributed by atoms with E-state index in [9.17, 15) is 9.90 Å². The van der Waals surface area contributed by atoms with Gasteiger partial charge in [-0.3, -0.25) is 0 Å². The fourth-order valence-electron chi connectivity index (χ4n) is 2.14. The van der Waals surface area contributed by atoms with Crippen molar-refractivity contribution in [3.05, 3.63) is 30.1 Å². The Balaban J connectivity index is 2.36. The third kappa shape index (κ3) is 3.23. The number of nitrogens with one attached hydrogen (secondary N) is 1. The van der Waals surface area contributed by atoms with Gasteiger partial charge in [-0.2, -0.15) is 0 Å². The summed E-state index contributed by atoms with van der Waals surface area (Å²) in [6.45, 7) is 5.92. The van der Waals surface area contributed by atoms with Gasteiger partial charge < -0.3 is 15.2 Å². The zero-order chi connectivity index (χ0) is 14.7. The van der Waals surface area contributed by atoms with Gasteiger partial charge in [-0.1, -0.05) is 25.5 Å². The van der Waals surface area contributed by atoms with Crippen molar-refractivity contribution in [1.29, 1.82) is 0 Å². The van der Waals surface area contributed by atoms with E-state index < -0.39 is 12.0 Å². The average Bonchev–Trinajstić information content (AvgIpc) is 2.38. The molecule has 0 aliphatic heterocycles. The lowest BCUT2D eigenvalue weighted by Gasteiger charge is -2.22.